The second-order valence-corrected chi connectivity index (χ2v) is 6.92. The van der Waals surface area contributed by atoms with Gasteiger partial charge < -0.3 is 15.2 Å². The lowest BCUT2D eigenvalue weighted by Crippen LogP contribution is -2.42. The van der Waals surface area contributed by atoms with Crippen molar-refractivity contribution in [2.45, 2.75) is 51.5 Å². The lowest BCUT2D eigenvalue weighted by Gasteiger charge is -2.41. The maximum Gasteiger partial charge on any atom is 0.191 e. The first-order chi connectivity index (χ1) is 12.8. The minimum absolute atomic E-state index is 0.216. The van der Waals surface area contributed by atoms with Crippen molar-refractivity contribution in [1.82, 2.24) is 25.4 Å². The minimum atomic E-state index is 0.216. The molecule has 0 unspecified atom stereocenters. The molecule has 0 spiro atoms. The van der Waals surface area contributed by atoms with Gasteiger partial charge in [-0.1, -0.05) is 43.7 Å². The summed E-state index contributed by atoms with van der Waals surface area (Å²) < 4.78 is 2.09. The quantitative estimate of drug-likeness (QED) is 0.565. The topological polar surface area (TPSA) is 67.1 Å². The van der Waals surface area contributed by atoms with Gasteiger partial charge in [0.05, 0.1) is 6.54 Å². The molecule has 1 saturated carbocycles. The molecule has 1 fully saturated rings. The molecule has 0 bridgehead atoms. The van der Waals surface area contributed by atoms with Crippen molar-refractivity contribution in [2.24, 2.45) is 4.99 Å². The first-order valence-corrected chi connectivity index (χ1v) is 9.72. The zero-order valence-electron chi connectivity index (χ0n) is 15.9. The maximum absolute atomic E-state index is 4.90. The van der Waals surface area contributed by atoms with Crippen LogP contribution in [-0.2, 0) is 18.4 Å². The Labute approximate surface area is 156 Å². The van der Waals surface area contributed by atoms with Crippen LogP contribution in [0, 0.1) is 0 Å². The average Bonchev–Trinajstić information content (AvgIpc) is 3.09. The summed E-state index contributed by atoms with van der Waals surface area (Å²) in [7, 11) is 0. The summed E-state index contributed by atoms with van der Waals surface area (Å²) in [4.78, 5) is 4.90. The summed E-state index contributed by atoms with van der Waals surface area (Å²) in [6.07, 6.45) is 6.43. The van der Waals surface area contributed by atoms with E-state index in [1.165, 1.54) is 24.8 Å². The Kier molecular flexibility index (Phi) is 6.26. The summed E-state index contributed by atoms with van der Waals surface area (Å²) in [6, 6.07) is 10.8. The van der Waals surface area contributed by atoms with E-state index in [-0.39, 0.29) is 5.41 Å². The van der Waals surface area contributed by atoms with Crippen LogP contribution >= 0.6 is 0 Å². The molecule has 0 saturated heterocycles. The summed E-state index contributed by atoms with van der Waals surface area (Å²) >= 11 is 0. The fraction of sp³-hybridized carbons (Fsp3) is 0.550. The van der Waals surface area contributed by atoms with Gasteiger partial charge in [0.15, 0.2) is 5.96 Å². The SMILES string of the molecule is CCNC(=NCC1(c2ccccc2)CCC1)NCCn1cnnc1CC. The van der Waals surface area contributed by atoms with E-state index < -0.39 is 0 Å². The van der Waals surface area contributed by atoms with Crippen molar-refractivity contribution in [2.75, 3.05) is 19.6 Å². The zero-order chi connectivity index (χ0) is 18.2. The van der Waals surface area contributed by atoms with Crippen LogP contribution < -0.4 is 10.6 Å². The van der Waals surface area contributed by atoms with E-state index in [0.717, 1.165) is 44.4 Å². The number of guanidine groups is 1. The van der Waals surface area contributed by atoms with Crippen molar-refractivity contribution < 1.29 is 0 Å². The third-order valence-corrected chi connectivity index (χ3v) is 5.24. The van der Waals surface area contributed by atoms with Crippen LogP contribution in [0.4, 0.5) is 0 Å². The largest absolute Gasteiger partial charge is 0.357 e. The molecule has 0 radical (unpaired) electrons. The van der Waals surface area contributed by atoms with Gasteiger partial charge in [-0.05, 0) is 25.3 Å². The number of aromatic nitrogens is 3. The van der Waals surface area contributed by atoms with E-state index in [0.29, 0.717) is 0 Å². The van der Waals surface area contributed by atoms with Crippen molar-refractivity contribution in [3.05, 3.63) is 48.0 Å². The number of benzene rings is 1. The summed E-state index contributed by atoms with van der Waals surface area (Å²) in [5, 5.41) is 14.9. The van der Waals surface area contributed by atoms with E-state index in [1.807, 2.05) is 0 Å². The van der Waals surface area contributed by atoms with Gasteiger partial charge in [0.2, 0.25) is 0 Å². The molecule has 0 amide bonds. The lowest BCUT2D eigenvalue weighted by molar-refractivity contribution is 0.253. The Balaban J connectivity index is 1.60. The number of hydrogen-bond donors (Lipinski definition) is 2. The third kappa shape index (κ3) is 4.23. The van der Waals surface area contributed by atoms with Crippen LogP contribution in [0.25, 0.3) is 0 Å². The van der Waals surface area contributed by atoms with E-state index in [4.69, 9.17) is 4.99 Å². The van der Waals surface area contributed by atoms with Crippen LogP contribution in [0.1, 0.15) is 44.5 Å². The fourth-order valence-electron chi connectivity index (χ4n) is 3.54. The number of aliphatic imine (C=N–C) groups is 1. The van der Waals surface area contributed by atoms with Crippen LogP contribution in [0.5, 0.6) is 0 Å². The predicted octanol–water partition coefficient (Wildman–Crippen LogP) is 2.52. The van der Waals surface area contributed by atoms with Gasteiger partial charge in [-0.25, -0.2) is 0 Å². The van der Waals surface area contributed by atoms with Gasteiger partial charge in [-0.3, -0.25) is 4.99 Å². The minimum Gasteiger partial charge on any atom is -0.357 e. The van der Waals surface area contributed by atoms with Crippen molar-refractivity contribution in [3.8, 4) is 0 Å². The van der Waals surface area contributed by atoms with Gasteiger partial charge in [0, 0.05) is 31.5 Å². The van der Waals surface area contributed by atoms with Gasteiger partial charge in [-0.15, -0.1) is 10.2 Å². The Morgan fingerprint density at radius 2 is 2.00 bits per heavy atom. The Hall–Kier alpha value is -2.37. The highest BCUT2D eigenvalue weighted by atomic mass is 15.3. The van der Waals surface area contributed by atoms with Crippen LogP contribution in [0.2, 0.25) is 0 Å². The number of nitrogens with zero attached hydrogens (tertiary/aromatic N) is 4. The maximum atomic E-state index is 4.90. The third-order valence-electron chi connectivity index (χ3n) is 5.24. The highest BCUT2D eigenvalue weighted by molar-refractivity contribution is 5.79. The molecule has 1 aliphatic rings. The monoisotopic (exact) mass is 354 g/mol. The van der Waals surface area contributed by atoms with E-state index in [2.05, 4.69) is 69.6 Å². The molecule has 140 valence electrons. The number of rotatable bonds is 8. The molecule has 0 atom stereocenters. The smallest absolute Gasteiger partial charge is 0.191 e. The first-order valence-electron chi connectivity index (χ1n) is 9.72. The lowest BCUT2D eigenvalue weighted by atomic mass is 9.64. The molecule has 2 N–H and O–H groups in total. The second kappa shape index (κ2) is 8.83. The van der Waals surface area contributed by atoms with Gasteiger partial charge in [0.1, 0.15) is 12.2 Å². The molecular weight excluding hydrogens is 324 g/mol. The second-order valence-electron chi connectivity index (χ2n) is 6.92. The fourth-order valence-corrected chi connectivity index (χ4v) is 3.54. The zero-order valence-corrected chi connectivity index (χ0v) is 15.9. The number of aryl methyl sites for hydroxylation is 1. The number of hydrogen-bond acceptors (Lipinski definition) is 3. The molecule has 1 heterocycles. The molecule has 3 rings (SSSR count). The highest BCUT2D eigenvalue weighted by Crippen LogP contribution is 2.43. The van der Waals surface area contributed by atoms with Crippen LogP contribution in [0.15, 0.2) is 41.7 Å². The molecule has 2 aromatic rings. The van der Waals surface area contributed by atoms with E-state index in [9.17, 15) is 0 Å². The van der Waals surface area contributed by atoms with E-state index >= 15 is 0 Å². The van der Waals surface area contributed by atoms with Crippen molar-refractivity contribution >= 4 is 5.96 Å². The van der Waals surface area contributed by atoms with Gasteiger partial charge in [-0.2, -0.15) is 0 Å². The molecule has 6 nitrogen and oxygen atoms in total. The Bertz CT molecular complexity index is 702. The normalized spacial score (nSPS) is 16.2. The molecular formula is C20H30N6. The molecule has 6 heteroatoms. The molecule has 1 aromatic heterocycles. The predicted molar refractivity (Wildman–Crippen MR) is 105 cm³/mol. The molecule has 1 aromatic carbocycles. The van der Waals surface area contributed by atoms with Crippen LogP contribution in [0.3, 0.4) is 0 Å². The van der Waals surface area contributed by atoms with Gasteiger partial charge in [0.25, 0.3) is 0 Å². The molecule has 0 aliphatic heterocycles. The summed E-state index contributed by atoms with van der Waals surface area (Å²) in [5.41, 5.74) is 1.63. The Morgan fingerprint density at radius 3 is 2.65 bits per heavy atom. The van der Waals surface area contributed by atoms with Gasteiger partial charge >= 0.3 is 0 Å². The highest BCUT2D eigenvalue weighted by Gasteiger charge is 2.38. The molecule has 26 heavy (non-hydrogen) atoms. The summed E-state index contributed by atoms with van der Waals surface area (Å²) in [5.74, 6) is 1.91. The first kappa shape index (κ1) is 18.4. The standard InChI is InChI=1S/C20H30N6/c1-3-18-25-24-16-26(18)14-13-22-19(21-4-2)23-15-20(11-8-12-20)17-9-6-5-7-10-17/h5-7,9-10,16H,3-4,8,11-15H2,1-2H3,(H2,21,22,23). The Morgan fingerprint density at radius 1 is 1.19 bits per heavy atom. The van der Waals surface area contributed by atoms with Crippen molar-refractivity contribution in [1.29, 1.82) is 0 Å². The molecule has 1 aliphatic carbocycles. The van der Waals surface area contributed by atoms with E-state index in [1.54, 1.807) is 6.33 Å². The summed E-state index contributed by atoms with van der Waals surface area (Å²) in [6.45, 7) is 7.53. The van der Waals surface area contributed by atoms with Crippen molar-refractivity contribution in [3.63, 3.8) is 0 Å². The average molecular weight is 355 g/mol. The number of nitrogens with one attached hydrogen (secondary N) is 2. The van der Waals surface area contributed by atoms with Crippen LogP contribution in [-0.4, -0.2) is 40.4 Å².